The monoisotopic (exact) mass is 391 g/mol. The Hall–Kier alpha value is -0.950. The molecule has 2 saturated heterocycles. The Bertz CT molecular complexity index is 591. The van der Waals surface area contributed by atoms with E-state index in [1.165, 1.54) is 50.3 Å². The lowest BCUT2D eigenvalue weighted by atomic mass is 9.83. The molecule has 0 radical (unpaired) electrons. The van der Waals surface area contributed by atoms with Crippen LogP contribution in [0.3, 0.4) is 0 Å². The molecule has 3 fully saturated rings. The molecule has 27 heavy (non-hydrogen) atoms. The number of hydrogen-bond donors (Lipinski definition) is 1. The van der Waals surface area contributed by atoms with E-state index in [4.69, 9.17) is 9.47 Å². The van der Waals surface area contributed by atoms with Crippen LogP contribution in [-0.2, 0) is 9.47 Å². The summed E-state index contributed by atoms with van der Waals surface area (Å²) in [6, 6.07) is 8.77. The lowest BCUT2D eigenvalue weighted by molar-refractivity contribution is -0.182. The molecule has 2 aliphatic heterocycles. The molecule has 1 N–H and O–H groups in total. The molecule has 0 atom stereocenters. The largest absolute Gasteiger partial charge is 0.369 e. The number of nitrogens with one attached hydrogen (secondary N) is 1. The molecule has 2 heterocycles. The van der Waals surface area contributed by atoms with Crippen LogP contribution in [0.2, 0.25) is 0 Å². The fraction of sp³-hybridized carbons (Fsp3) is 0.714. The molecular formula is C21H33N3O2S. The average molecular weight is 392 g/mol. The maximum Gasteiger partial charge on any atom is 0.168 e. The Morgan fingerprint density at radius 1 is 1.11 bits per heavy atom. The Morgan fingerprint density at radius 2 is 1.85 bits per heavy atom. The lowest BCUT2D eigenvalue weighted by Crippen LogP contribution is -2.47. The van der Waals surface area contributed by atoms with E-state index in [-0.39, 0.29) is 5.79 Å². The first-order valence-electron chi connectivity index (χ1n) is 10.4. The SMILES string of the molecule is CSNc1cccc(N2CCN(CCC3CCC4(CC3)OCCO4)CC2)c1. The van der Waals surface area contributed by atoms with Crippen molar-refractivity contribution in [2.75, 3.05) is 61.8 Å². The topological polar surface area (TPSA) is 37.0 Å². The van der Waals surface area contributed by atoms with Crippen LogP contribution in [-0.4, -0.2) is 62.9 Å². The van der Waals surface area contributed by atoms with Gasteiger partial charge in [-0.2, -0.15) is 0 Å². The number of nitrogens with zero attached hydrogens (tertiary/aromatic N) is 2. The summed E-state index contributed by atoms with van der Waals surface area (Å²) in [6.07, 6.45) is 8.08. The highest BCUT2D eigenvalue weighted by molar-refractivity contribution is 7.99. The van der Waals surface area contributed by atoms with Crippen LogP contribution >= 0.6 is 11.9 Å². The molecule has 1 aromatic carbocycles. The Morgan fingerprint density at radius 3 is 2.56 bits per heavy atom. The average Bonchev–Trinajstić information content (AvgIpc) is 3.17. The zero-order valence-electron chi connectivity index (χ0n) is 16.5. The minimum Gasteiger partial charge on any atom is -0.369 e. The highest BCUT2D eigenvalue weighted by Crippen LogP contribution is 2.39. The number of hydrogen-bond acceptors (Lipinski definition) is 6. The van der Waals surface area contributed by atoms with Gasteiger partial charge in [-0.15, -0.1) is 0 Å². The minimum absolute atomic E-state index is 0.207. The molecule has 3 aliphatic rings. The molecule has 1 spiro atoms. The number of piperazine rings is 1. The van der Waals surface area contributed by atoms with Crippen LogP contribution in [0.4, 0.5) is 11.4 Å². The highest BCUT2D eigenvalue weighted by Gasteiger charge is 2.40. The molecule has 0 unspecified atom stereocenters. The van der Waals surface area contributed by atoms with Gasteiger partial charge in [-0.05, 0) is 49.9 Å². The van der Waals surface area contributed by atoms with Crippen LogP contribution in [0.15, 0.2) is 24.3 Å². The molecule has 150 valence electrons. The maximum atomic E-state index is 5.86. The Kier molecular flexibility index (Phi) is 6.48. The maximum absolute atomic E-state index is 5.86. The van der Waals surface area contributed by atoms with Gasteiger partial charge in [0.2, 0.25) is 0 Å². The van der Waals surface area contributed by atoms with Gasteiger partial charge < -0.3 is 19.1 Å². The number of benzene rings is 1. The van der Waals surface area contributed by atoms with Gasteiger partial charge in [0.1, 0.15) is 0 Å². The summed E-state index contributed by atoms with van der Waals surface area (Å²) in [4.78, 5) is 5.16. The first-order valence-corrected chi connectivity index (χ1v) is 11.6. The summed E-state index contributed by atoms with van der Waals surface area (Å²) < 4.78 is 15.0. The predicted molar refractivity (Wildman–Crippen MR) is 113 cm³/mol. The second-order valence-electron chi connectivity index (χ2n) is 8.02. The van der Waals surface area contributed by atoms with Crippen molar-refractivity contribution in [3.05, 3.63) is 24.3 Å². The summed E-state index contributed by atoms with van der Waals surface area (Å²) in [5, 5.41) is 0. The van der Waals surface area contributed by atoms with E-state index in [0.717, 1.165) is 45.1 Å². The van der Waals surface area contributed by atoms with E-state index < -0.39 is 0 Å². The summed E-state index contributed by atoms with van der Waals surface area (Å²) in [7, 11) is 0. The zero-order chi connectivity index (χ0) is 18.5. The third-order valence-electron chi connectivity index (χ3n) is 6.34. The normalized spacial score (nSPS) is 23.8. The van der Waals surface area contributed by atoms with Crippen molar-refractivity contribution >= 4 is 23.3 Å². The van der Waals surface area contributed by atoms with Crippen LogP contribution in [0, 0.1) is 5.92 Å². The van der Waals surface area contributed by atoms with E-state index in [2.05, 4.69) is 45.0 Å². The van der Waals surface area contributed by atoms with E-state index in [9.17, 15) is 0 Å². The Balaban J connectivity index is 1.18. The first kappa shape index (κ1) is 19.4. The molecule has 5 nitrogen and oxygen atoms in total. The van der Waals surface area contributed by atoms with Gasteiger partial charge in [-0.3, -0.25) is 4.90 Å². The first-order chi connectivity index (χ1) is 13.3. The molecular weight excluding hydrogens is 358 g/mol. The van der Waals surface area contributed by atoms with Gasteiger partial charge in [-0.1, -0.05) is 18.0 Å². The van der Waals surface area contributed by atoms with Gasteiger partial charge in [0.25, 0.3) is 0 Å². The summed E-state index contributed by atoms with van der Waals surface area (Å²) >= 11 is 1.64. The van der Waals surface area contributed by atoms with Crippen molar-refractivity contribution in [2.24, 2.45) is 5.92 Å². The number of rotatable bonds is 6. The zero-order valence-corrected chi connectivity index (χ0v) is 17.3. The lowest BCUT2D eigenvalue weighted by Gasteiger charge is -2.38. The smallest absolute Gasteiger partial charge is 0.168 e. The summed E-state index contributed by atoms with van der Waals surface area (Å²) in [5.74, 6) is 0.637. The molecule has 1 aromatic rings. The van der Waals surface area contributed by atoms with E-state index >= 15 is 0 Å². The second kappa shape index (κ2) is 9.03. The molecule has 0 aromatic heterocycles. The fourth-order valence-corrected chi connectivity index (χ4v) is 5.03. The standard InChI is InChI=1S/C21H33N3O2S/c1-27-22-19-3-2-4-20(17-19)24-13-11-23(12-14-24)10-7-18-5-8-21(9-6-18)25-15-16-26-21/h2-4,17-18,22H,5-16H2,1H3. The van der Waals surface area contributed by atoms with Gasteiger partial charge in [-0.25, -0.2) is 0 Å². The summed E-state index contributed by atoms with van der Waals surface area (Å²) in [5.41, 5.74) is 2.52. The van der Waals surface area contributed by atoms with Gasteiger partial charge in [0, 0.05) is 56.7 Å². The molecule has 1 aliphatic carbocycles. The molecule has 4 rings (SSSR count). The van der Waals surface area contributed by atoms with Crippen molar-refractivity contribution in [1.29, 1.82) is 0 Å². The summed E-state index contributed by atoms with van der Waals surface area (Å²) in [6.45, 7) is 7.39. The van der Waals surface area contributed by atoms with E-state index in [0.29, 0.717) is 0 Å². The molecule has 6 heteroatoms. The number of ether oxygens (including phenoxy) is 2. The highest BCUT2D eigenvalue weighted by atomic mass is 32.2. The van der Waals surface area contributed by atoms with Crippen LogP contribution in [0.1, 0.15) is 32.1 Å². The van der Waals surface area contributed by atoms with Crippen molar-refractivity contribution in [3.8, 4) is 0 Å². The van der Waals surface area contributed by atoms with Gasteiger partial charge in [0.05, 0.1) is 13.2 Å². The molecule has 0 bridgehead atoms. The van der Waals surface area contributed by atoms with Crippen molar-refractivity contribution in [3.63, 3.8) is 0 Å². The third-order valence-corrected chi connectivity index (χ3v) is 6.78. The number of anilines is 2. The van der Waals surface area contributed by atoms with Crippen molar-refractivity contribution in [2.45, 2.75) is 37.9 Å². The van der Waals surface area contributed by atoms with Crippen LogP contribution < -0.4 is 9.62 Å². The van der Waals surface area contributed by atoms with E-state index in [1.807, 2.05) is 0 Å². The van der Waals surface area contributed by atoms with Crippen LogP contribution in [0.5, 0.6) is 0 Å². The van der Waals surface area contributed by atoms with Crippen molar-refractivity contribution in [1.82, 2.24) is 4.90 Å². The minimum atomic E-state index is -0.207. The van der Waals surface area contributed by atoms with Gasteiger partial charge >= 0.3 is 0 Å². The van der Waals surface area contributed by atoms with Gasteiger partial charge in [0.15, 0.2) is 5.79 Å². The third kappa shape index (κ3) is 4.91. The van der Waals surface area contributed by atoms with Crippen LogP contribution in [0.25, 0.3) is 0 Å². The fourth-order valence-electron chi connectivity index (χ4n) is 4.67. The molecule has 1 saturated carbocycles. The molecule has 0 amide bonds. The Labute approximate surface area is 167 Å². The predicted octanol–water partition coefficient (Wildman–Crippen LogP) is 3.82. The quantitative estimate of drug-likeness (QED) is 0.743. The second-order valence-corrected chi connectivity index (χ2v) is 8.64. The van der Waals surface area contributed by atoms with E-state index in [1.54, 1.807) is 11.9 Å². The van der Waals surface area contributed by atoms with Crippen molar-refractivity contribution < 1.29 is 9.47 Å².